The van der Waals surface area contributed by atoms with Crippen LogP contribution in [0.2, 0.25) is 0 Å². The molecule has 0 bridgehead atoms. The van der Waals surface area contributed by atoms with E-state index in [0.29, 0.717) is 0 Å². The lowest BCUT2D eigenvalue weighted by Gasteiger charge is -2.27. The summed E-state index contributed by atoms with van der Waals surface area (Å²) >= 11 is 0. The topological polar surface area (TPSA) is 58.0 Å². The zero-order valence-corrected chi connectivity index (χ0v) is 31.2. The fourth-order valence-corrected chi connectivity index (χ4v) is 8.65. The Bertz CT molecular complexity index is 2850. The first kappa shape index (κ1) is 32.3. The first-order valence-corrected chi connectivity index (χ1v) is 19.5. The molecule has 8 aromatic carbocycles. The van der Waals surface area contributed by atoms with Crippen LogP contribution in [0.3, 0.4) is 0 Å². The smallest absolute Gasteiger partial charge is 0.0994 e. The Morgan fingerprint density at radius 3 is 0.759 bits per heavy atom. The molecule has 2 aliphatic heterocycles. The molecule has 12 rings (SSSR count). The van der Waals surface area contributed by atoms with Crippen LogP contribution in [0.15, 0.2) is 194 Å². The number of rotatable bonds is 3. The molecule has 0 fully saturated rings. The predicted molar refractivity (Wildman–Crippen MR) is 236 cm³/mol. The summed E-state index contributed by atoms with van der Waals surface area (Å²) in [7, 11) is 0. The lowest BCUT2D eigenvalue weighted by Crippen LogP contribution is -2.11. The van der Waals surface area contributed by atoms with Gasteiger partial charge in [0.1, 0.15) is 0 Å². The molecule has 0 unspecified atom stereocenters. The molecule has 0 saturated carbocycles. The van der Waals surface area contributed by atoms with E-state index < -0.39 is 0 Å². The minimum atomic E-state index is 0.884. The molecule has 0 atom stereocenters. The van der Waals surface area contributed by atoms with Crippen LogP contribution in [-0.2, 0) is 0 Å². The van der Waals surface area contributed by atoms with Crippen molar-refractivity contribution in [3.8, 4) is 56.2 Å². The van der Waals surface area contributed by atoms with Crippen molar-refractivity contribution in [1.29, 1.82) is 0 Å². The quantitative estimate of drug-likeness (QED) is 0.180. The van der Waals surface area contributed by atoms with Gasteiger partial charge in [0.2, 0.25) is 0 Å². The summed E-state index contributed by atoms with van der Waals surface area (Å²) < 4.78 is 0. The molecule has 6 nitrogen and oxygen atoms in total. The molecule has 0 aliphatic carbocycles. The second-order valence-electron chi connectivity index (χ2n) is 14.7. The zero-order chi connectivity index (χ0) is 38.2. The van der Waals surface area contributed by atoms with Gasteiger partial charge < -0.3 is 9.80 Å². The highest BCUT2D eigenvalue weighted by molar-refractivity contribution is 6.03. The second kappa shape index (κ2) is 12.8. The van der Waals surface area contributed by atoms with Crippen LogP contribution in [0.4, 0.5) is 34.1 Å². The number of fused-ring (bicyclic) bond motifs is 12. The third-order valence-corrected chi connectivity index (χ3v) is 11.3. The molecule has 6 heteroatoms. The van der Waals surface area contributed by atoms with Crippen molar-refractivity contribution in [2.24, 2.45) is 0 Å². The highest BCUT2D eigenvalue weighted by Gasteiger charge is 2.30. The van der Waals surface area contributed by atoms with Gasteiger partial charge in [-0.05, 0) is 83.9 Å². The summed E-state index contributed by atoms with van der Waals surface area (Å²) in [6.45, 7) is 0. The Kier molecular flexibility index (Phi) is 7.13. The summed E-state index contributed by atoms with van der Waals surface area (Å²) in [6.07, 6.45) is 0. The Labute approximate surface area is 335 Å². The number of benzene rings is 8. The number of nitrogens with zero attached hydrogens (tertiary/aromatic N) is 6. The van der Waals surface area contributed by atoms with Crippen LogP contribution in [0.25, 0.3) is 78.2 Å². The van der Waals surface area contributed by atoms with E-state index in [2.05, 4.69) is 155 Å². The van der Waals surface area contributed by atoms with Crippen LogP contribution >= 0.6 is 0 Å². The van der Waals surface area contributed by atoms with Crippen molar-refractivity contribution < 1.29 is 0 Å². The Morgan fingerprint density at radius 1 is 0.241 bits per heavy atom. The monoisotopic (exact) mass is 740 g/mol. The van der Waals surface area contributed by atoms with E-state index in [0.717, 1.165) is 112 Å². The summed E-state index contributed by atoms with van der Waals surface area (Å²) in [5, 5.41) is 0. The van der Waals surface area contributed by atoms with E-state index >= 15 is 0 Å². The average molecular weight is 741 g/mol. The molecule has 0 spiro atoms. The number of aromatic nitrogens is 4. The van der Waals surface area contributed by atoms with Crippen LogP contribution in [-0.4, -0.2) is 19.9 Å². The first-order valence-electron chi connectivity index (χ1n) is 19.5. The molecule has 4 heterocycles. The van der Waals surface area contributed by atoms with Crippen LogP contribution < -0.4 is 9.80 Å². The number of hydrogen-bond acceptors (Lipinski definition) is 6. The normalized spacial score (nSPS) is 12.4. The van der Waals surface area contributed by atoms with Crippen molar-refractivity contribution in [3.63, 3.8) is 0 Å². The fraction of sp³-hybridized carbons (Fsp3) is 0. The van der Waals surface area contributed by atoms with Gasteiger partial charge in [0, 0.05) is 33.6 Å². The fourth-order valence-electron chi connectivity index (χ4n) is 8.65. The van der Waals surface area contributed by atoms with Gasteiger partial charge in [0.25, 0.3) is 0 Å². The van der Waals surface area contributed by atoms with E-state index in [4.69, 9.17) is 19.9 Å². The third-order valence-electron chi connectivity index (χ3n) is 11.3. The lowest BCUT2D eigenvalue weighted by molar-refractivity contribution is 1.29. The Morgan fingerprint density at radius 2 is 0.483 bits per heavy atom. The maximum Gasteiger partial charge on any atom is 0.0994 e. The predicted octanol–water partition coefficient (Wildman–Crippen LogP) is 13.5. The second-order valence-corrected chi connectivity index (χ2v) is 14.7. The molecule has 0 N–H and O–H groups in total. The maximum absolute atomic E-state index is 5.19. The van der Waals surface area contributed by atoms with E-state index in [-0.39, 0.29) is 0 Å². The van der Waals surface area contributed by atoms with Crippen molar-refractivity contribution in [1.82, 2.24) is 19.9 Å². The van der Waals surface area contributed by atoms with Gasteiger partial charge in [-0.3, -0.25) is 0 Å². The molecule has 270 valence electrons. The van der Waals surface area contributed by atoms with Crippen molar-refractivity contribution in [2.45, 2.75) is 0 Å². The summed E-state index contributed by atoms with van der Waals surface area (Å²) in [6, 6.07) is 68.0. The lowest BCUT2D eigenvalue weighted by atomic mass is 10.0. The minimum absolute atomic E-state index is 0.884. The molecular formula is C52H32N6. The van der Waals surface area contributed by atoms with Gasteiger partial charge in [0.15, 0.2) is 0 Å². The molecule has 58 heavy (non-hydrogen) atoms. The molecule has 0 amide bonds. The number of para-hydroxylation sites is 8. The van der Waals surface area contributed by atoms with Gasteiger partial charge in [-0.2, -0.15) is 0 Å². The van der Waals surface area contributed by atoms with E-state index in [9.17, 15) is 0 Å². The SMILES string of the molecule is c1ccc2c(c1)-c1nc3ccccc3nc1-c1ccccc1N2c1ccc(-c2ccc(N3c4ccccc4-c4nc5ccccc5nc4-c4ccccc43)cc2)cc1. The van der Waals surface area contributed by atoms with Crippen molar-refractivity contribution >= 4 is 56.2 Å². The van der Waals surface area contributed by atoms with Gasteiger partial charge in [-0.15, -0.1) is 0 Å². The zero-order valence-electron chi connectivity index (χ0n) is 31.2. The molecule has 2 aliphatic rings. The van der Waals surface area contributed by atoms with Crippen LogP contribution in [0.5, 0.6) is 0 Å². The number of anilines is 6. The maximum atomic E-state index is 5.19. The van der Waals surface area contributed by atoms with Crippen LogP contribution in [0.1, 0.15) is 0 Å². The number of hydrogen-bond donors (Lipinski definition) is 0. The molecule has 0 saturated heterocycles. The van der Waals surface area contributed by atoms with E-state index in [1.807, 2.05) is 48.5 Å². The summed E-state index contributed by atoms with van der Waals surface area (Å²) in [5.41, 5.74) is 19.9. The van der Waals surface area contributed by atoms with E-state index in [1.165, 1.54) is 0 Å². The van der Waals surface area contributed by atoms with Gasteiger partial charge in [-0.1, -0.05) is 121 Å². The summed E-state index contributed by atoms with van der Waals surface area (Å²) in [5.74, 6) is 0. The van der Waals surface area contributed by atoms with Gasteiger partial charge in [-0.25, -0.2) is 19.9 Å². The first-order chi connectivity index (χ1) is 28.8. The van der Waals surface area contributed by atoms with Crippen molar-refractivity contribution in [3.05, 3.63) is 194 Å². The Hall–Kier alpha value is -7.96. The molecule has 0 radical (unpaired) electrons. The third kappa shape index (κ3) is 4.98. The molecular weight excluding hydrogens is 709 g/mol. The highest BCUT2D eigenvalue weighted by Crippen LogP contribution is 2.51. The van der Waals surface area contributed by atoms with Crippen molar-refractivity contribution in [2.75, 3.05) is 9.80 Å². The molecule has 2 aromatic heterocycles. The summed E-state index contributed by atoms with van der Waals surface area (Å²) in [4.78, 5) is 25.4. The molecule has 10 aromatic rings. The average Bonchev–Trinajstić information content (AvgIpc) is 3.49. The Balaban J connectivity index is 0.936. The van der Waals surface area contributed by atoms with Gasteiger partial charge in [0.05, 0.1) is 67.6 Å². The minimum Gasteiger partial charge on any atom is -0.309 e. The van der Waals surface area contributed by atoms with Gasteiger partial charge >= 0.3 is 0 Å². The largest absolute Gasteiger partial charge is 0.309 e. The highest BCUT2D eigenvalue weighted by atomic mass is 15.2. The standard InChI is InChI=1S/C52H32N6/c1-9-21-45-37(13-1)49-50(54-42-18-6-5-17-41(42)53-49)38-14-2-10-22-46(38)57(45)35-29-25-33(26-30-35)34-27-31-36(32-28-34)58-47-23-11-3-15-39(47)51-52(40-16-4-12-24-48(40)58)56-44-20-8-7-19-43(44)55-51/h1-32H. The van der Waals surface area contributed by atoms with Crippen LogP contribution in [0, 0.1) is 0 Å². The van der Waals surface area contributed by atoms with E-state index in [1.54, 1.807) is 0 Å².